The van der Waals surface area contributed by atoms with Crippen LogP contribution in [0, 0.1) is 5.82 Å². The number of ether oxygens (including phenoxy) is 1. The van der Waals surface area contributed by atoms with Crippen LogP contribution in [-0.4, -0.2) is 53.5 Å². The molecule has 0 saturated carbocycles. The first-order chi connectivity index (χ1) is 16.1. The van der Waals surface area contributed by atoms with Crippen molar-refractivity contribution in [3.8, 4) is 11.5 Å². The van der Waals surface area contributed by atoms with Crippen LogP contribution in [0.2, 0.25) is 0 Å². The van der Waals surface area contributed by atoms with Gasteiger partial charge in [-0.05, 0) is 25.0 Å². The van der Waals surface area contributed by atoms with E-state index in [9.17, 15) is 32.3 Å². The summed E-state index contributed by atoms with van der Waals surface area (Å²) in [5.41, 5.74) is -0.174. The second kappa shape index (κ2) is 9.03. The lowest BCUT2D eigenvalue weighted by atomic mass is 9.71. The molecule has 0 bridgehead atoms. The third kappa shape index (κ3) is 5.02. The molecule has 2 aliphatic rings. The minimum Gasteiger partial charge on any atom is -0.508 e. The lowest BCUT2D eigenvalue weighted by Crippen LogP contribution is -2.66. The molecular formula is C23H23F4N3O4. The SMILES string of the molecule is O=C1NCC(c2ccc(F)cc2O)C2(CCN(C(=O)Cc3ccccc3OC(F)(F)F)CC2)N1. The normalized spacial score (nSPS) is 19.9. The quantitative estimate of drug-likeness (QED) is 0.584. The Morgan fingerprint density at radius 3 is 2.56 bits per heavy atom. The molecule has 3 N–H and O–H groups in total. The number of rotatable bonds is 4. The number of aromatic hydroxyl groups is 1. The molecule has 2 heterocycles. The molecule has 2 fully saturated rings. The number of nitrogens with one attached hydrogen (secondary N) is 2. The molecule has 34 heavy (non-hydrogen) atoms. The largest absolute Gasteiger partial charge is 0.573 e. The average molecular weight is 481 g/mol. The van der Waals surface area contributed by atoms with E-state index in [1.165, 1.54) is 35.2 Å². The summed E-state index contributed by atoms with van der Waals surface area (Å²) in [6.45, 7) is 0.723. The fourth-order valence-corrected chi connectivity index (χ4v) is 4.74. The molecule has 2 aromatic carbocycles. The van der Waals surface area contributed by atoms with Gasteiger partial charge in [-0.3, -0.25) is 4.79 Å². The Balaban J connectivity index is 1.48. The zero-order valence-electron chi connectivity index (χ0n) is 18.0. The van der Waals surface area contributed by atoms with Crippen LogP contribution in [-0.2, 0) is 11.2 Å². The molecule has 0 radical (unpaired) electrons. The van der Waals surface area contributed by atoms with Gasteiger partial charge in [-0.2, -0.15) is 0 Å². The predicted octanol–water partition coefficient (Wildman–Crippen LogP) is 3.43. The Bertz CT molecular complexity index is 1080. The predicted molar refractivity (Wildman–Crippen MR) is 113 cm³/mol. The van der Waals surface area contributed by atoms with Gasteiger partial charge in [0.25, 0.3) is 0 Å². The molecule has 7 nitrogen and oxygen atoms in total. The Kier molecular flexibility index (Phi) is 6.28. The number of urea groups is 1. The van der Waals surface area contributed by atoms with Crippen molar-refractivity contribution >= 4 is 11.9 Å². The van der Waals surface area contributed by atoms with Crippen molar-refractivity contribution < 1.29 is 37.0 Å². The minimum absolute atomic E-state index is 0.120. The Hall–Kier alpha value is -3.50. The molecule has 4 rings (SSSR count). The summed E-state index contributed by atoms with van der Waals surface area (Å²) in [4.78, 5) is 26.5. The second-order valence-corrected chi connectivity index (χ2v) is 8.46. The van der Waals surface area contributed by atoms with Gasteiger partial charge in [0, 0.05) is 42.7 Å². The number of para-hydroxylation sites is 1. The first kappa shape index (κ1) is 23.7. The number of phenolic OH excluding ortho intramolecular Hbond substituents is 1. The number of phenols is 1. The van der Waals surface area contributed by atoms with Crippen molar-refractivity contribution in [3.63, 3.8) is 0 Å². The first-order valence-electron chi connectivity index (χ1n) is 10.7. The van der Waals surface area contributed by atoms with Crippen molar-refractivity contribution in [1.29, 1.82) is 0 Å². The number of carbonyl (C=O) groups excluding carboxylic acids is 2. The van der Waals surface area contributed by atoms with Crippen molar-refractivity contribution in [3.05, 3.63) is 59.4 Å². The van der Waals surface area contributed by atoms with E-state index in [-0.39, 0.29) is 55.2 Å². The standard InChI is InChI=1S/C23H23F4N3O4/c24-15-5-6-16(18(31)12-15)17-13-28-21(33)29-22(17)7-9-30(10-8-22)20(32)11-14-3-1-2-4-19(14)34-23(25,26)27/h1-6,12,17,31H,7-11,13H2,(H2,28,29,33). The van der Waals surface area contributed by atoms with Crippen LogP contribution in [0.3, 0.4) is 0 Å². The van der Waals surface area contributed by atoms with E-state index < -0.39 is 23.5 Å². The van der Waals surface area contributed by atoms with Gasteiger partial charge in [0.05, 0.1) is 12.0 Å². The fourth-order valence-electron chi connectivity index (χ4n) is 4.74. The number of carbonyl (C=O) groups is 2. The number of nitrogens with zero attached hydrogens (tertiary/aromatic N) is 1. The van der Waals surface area contributed by atoms with E-state index in [0.717, 1.165) is 12.1 Å². The first-order valence-corrected chi connectivity index (χ1v) is 10.7. The molecule has 1 atom stereocenters. The molecule has 2 aliphatic heterocycles. The molecule has 2 saturated heterocycles. The maximum absolute atomic E-state index is 13.5. The Labute approximate surface area is 192 Å². The molecule has 3 amide bonds. The number of hydrogen-bond acceptors (Lipinski definition) is 4. The number of amides is 3. The van der Waals surface area contributed by atoms with Gasteiger partial charge in [-0.15, -0.1) is 13.2 Å². The number of alkyl halides is 3. The summed E-state index contributed by atoms with van der Waals surface area (Å²) in [5.74, 6) is -1.96. The summed E-state index contributed by atoms with van der Waals surface area (Å²) < 4.78 is 55.6. The fraction of sp³-hybridized carbons (Fsp3) is 0.391. The third-order valence-corrected chi connectivity index (χ3v) is 6.41. The van der Waals surface area contributed by atoms with Crippen LogP contribution in [0.4, 0.5) is 22.4 Å². The third-order valence-electron chi connectivity index (χ3n) is 6.41. The molecular weight excluding hydrogens is 458 g/mol. The molecule has 1 unspecified atom stereocenters. The van der Waals surface area contributed by atoms with E-state index >= 15 is 0 Å². The van der Waals surface area contributed by atoms with Crippen molar-refractivity contribution in [1.82, 2.24) is 15.5 Å². The van der Waals surface area contributed by atoms with Crippen LogP contribution in [0.25, 0.3) is 0 Å². The summed E-state index contributed by atoms with van der Waals surface area (Å²) in [6, 6.07) is 8.83. The Morgan fingerprint density at radius 1 is 1.18 bits per heavy atom. The van der Waals surface area contributed by atoms with Gasteiger partial charge in [-0.1, -0.05) is 24.3 Å². The molecule has 11 heteroatoms. The number of benzene rings is 2. The molecule has 1 spiro atoms. The maximum atomic E-state index is 13.5. The summed E-state index contributed by atoms with van der Waals surface area (Å²) in [7, 11) is 0. The molecule has 2 aromatic rings. The van der Waals surface area contributed by atoms with Crippen LogP contribution in [0.15, 0.2) is 42.5 Å². The van der Waals surface area contributed by atoms with Gasteiger partial charge in [0.15, 0.2) is 0 Å². The highest BCUT2D eigenvalue weighted by Gasteiger charge is 2.47. The maximum Gasteiger partial charge on any atom is 0.573 e. The number of halogens is 4. The smallest absolute Gasteiger partial charge is 0.508 e. The highest BCUT2D eigenvalue weighted by atomic mass is 19.4. The van der Waals surface area contributed by atoms with E-state index in [2.05, 4.69) is 15.4 Å². The number of likely N-dealkylation sites (tertiary alicyclic amines) is 1. The number of hydrogen-bond donors (Lipinski definition) is 3. The van der Waals surface area contributed by atoms with Gasteiger partial charge < -0.3 is 25.4 Å². The second-order valence-electron chi connectivity index (χ2n) is 8.46. The zero-order chi connectivity index (χ0) is 24.5. The van der Waals surface area contributed by atoms with Gasteiger partial charge >= 0.3 is 12.4 Å². The molecule has 0 aliphatic carbocycles. The Morgan fingerprint density at radius 2 is 1.88 bits per heavy atom. The topological polar surface area (TPSA) is 90.9 Å². The van der Waals surface area contributed by atoms with Crippen molar-refractivity contribution in [2.45, 2.75) is 37.1 Å². The summed E-state index contributed by atoms with van der Waals surface area (Å²) in [5, 5.41) is 15.9. The van der Waals surface area contributed by atoms with Crippen LogP contribution in [0.5, 0.6) is 11.5 Å². The lowest BCUT2D eigenvalue weighted by Gasteiger charge is -2.49. The van der Waals surface area contributed by atoms with E-state index in [0.29, 0.717) is 18.4 Å². The lowest BCUT2D eigenvalue weighted by molar-refractivity contribution is -0.274. The van der Waals surface area contributed by atoms with Gasteiger partial charge in [0.2, 0.25) is 5.91 Å². The summed E-state index contributed by atoms with van der Waals surface area (Å²) in [6.07, 6.45) is -4.43. The van der Waals surface area contributed by atoms with E-state index in [4.69, 9.17) is 0 Å². The number of piperidine rings is 1. The monoisotopic (exact) mass is 481 g/mol. The average Bonchev–Trinajstić information content (AvgIpc) is 2.75. The van der Waals surface area contributed by atoms with Crippen LogP contribution < -0.4 is 15.4 Å². The highest BCUT2D eigenvalue weighted by molar-refractivity contribution is 5.80. The zero-order valence-corrected chi connectivity index (χ0v) is 18.0. The van der Waals surface area contributed by atoms with Gasteiger partial charge in [0.1, 0.15) is 17.3 Å². The molecule has 0 aromatic heterocycles. The van der Waals surface area contributed by atoms with E-state index in [1.54, 1.807) is 0 Å². The van der Waals surface area contributed by atoms with E-state index in [1.807, 2.05) is 0 Å². The molecule has 182 valence electrons. The minimum atomic E-state index is -4.87. The van der Waals surface area contributed by atoms with Crippen molar-refractivity contribution in [2.24, 2.45) is 0 Å². The van der Waals surface area contributed by atoms with Gasteiger partial charge in [-0.25, -0.2) is 9.18 Å². The van der Waals surface area contributed by atoms with Crippen LogP contribution >= 0.6 is 0 Å². The van der Waals surface area contributed by atoms with Crippen LogP contribution in [0.1, 0.15) is 29.9 Å². The summed E-state index contributed by atoms with van der Waals surface area (Å²) >= 11 is 0. The van der Waals surface area contributed by atoms with Crippen molar-refractivity contribution in [2.75, 3.05) is 19.6 Å². The highest BCUT2D eigenvalue weighted by Crippen LogP contribution is 2.41.